The van der Waals surface area contributed by atoms with Crippen molar-refractivity contribution in [1.29, 1.82) is 0 Å². The Bertz CT molecular complexity index is 1180. The first kappa shape index (κ1) is 18.1. The lowest BCUT2D eigenvalue weighted by atomic mass is 9.73. The molecule has 0 saturated carbocycles. The average molecular weight is 393 g/mol. The summed E-state index contributed by atoms with van der Waals surface area (Å²) in [6.45, 7) is 1.31. The number of aromatic amines is 1. The van der Waals surface area contributed by atoms with Crippen LogP contribution in [0.5, 0.6) is 5.75 Å². The van der Waals surface area contributed by atoms with Crippen molar-refractivity contribution in [2.75, 3.05) is 13.7 Å². The summed E-state index contributed by atoms with van der Waals surface area (Å²) in [4.78, 5) is 35.7. The summed E-state index contributed by atoms with van der Waals surface area (Å²) in [6.07, 6.45) is 5.61. The molecule has 1 saturated heterocycles. The number of rotatable bonds is 4. The van der Waals surface area contributed by atoms with Crippen LogP contribution in [0.15, 0.2) is 40.3 Å². The number of ether oxygens (including phenoxy) is 1. The Morgan fingerprint density at radius 1 is 1.31 bits per heavy atom. The Morgan fingerprint density at radius 2 is 2.21 bits per heavy atom. The van der Waals surface area contributed by atoms with E-state index in [9.17, 15) is 9.59 Å². The molecule has 8 nitrogen and oxygen atoms in total. The smallest absolute Gasteiger partial charge is 0.329 e. The standard InChI is InChI=1S/C21H23N5O3/c1-29-17-4-2-3-14-13(17)6-5-12-9-23-16(18(12)14)7-8-26-20(27)15-10-22-11-24-19(15)25-21(26)28/h2-4,10-12,16,18,23H,5-9H2,1H3,(H,22,24,25,28)/t12-,16?,18+/m0/s1. The van der Waals surface area contributed by atoms with Crippen LogP contribution >= 0.6 is 0 Å². The third kappa shape index (κ3) is 2.95. The Morgan fingerprint density at radius 3 is 3.07 bits per heavy atom. The fraction of sp³-hybridized carbons (Fsp3) is 0.429. The summed E-state index contributed by atoms with van der Waals surface area (Å²) >= 11 is 0. The third-order valence-corrected chi connectivity index (χ3v) is 6.42. The maximum Gasteiger partial charge on any atom is 0.329 e. The lowest BCUT2D eigenvalue weighted by molar-refractivity contribution is 0.371. The predicted octanol–water partition coefficient (Wildman–Crippen LogP) is 1.20. The normalized spacial score (nSPS) is 23.0. The van der Waals surface area contributed by atoms with E-state index in [0.717, 1.165) is 25.1 Å². The van der Waals surface area contributed by atoms with Gasteiger partial charge in [-0.15, -0.1) is 0 Å². The van der Waals surface area contributed by atoms with Gasteiger partial charge in [-0.1, -0.05) is 12.1 Å². The van der Waals surface area contributed by atoms with Crippen molar-refractivity contribution in [1.82, 2.24) is 24.8 Å². The Kier molecular flexibility index (Phi) is 4.43. The van der Waals surface area contributed by atoms with Gasteiger partial charge in [0.1, 0.15) is 23.1 Å². The molecule has 3 aromatic rings. The molecule has 0 radical (unpaired) electrons. The number of H-pyrrole nitrogens is 1. The first-order chi connectivity index (χ1) is 14.2. The predicted molar refractivity (Wildman–Crippen MR) is 108 cm³/mol. The first-order valence-corrected chi connectivity index (χ1v) is 9.99. The van der Waals surface area contributed by atoms with Crippen molar-refractivity contribution in [2.24, 2.45) is 5.92 Å². The summed E-state index contributed by atoms with van der Waals surface area (Å²) in [5.74, 6) is 1.89. The van der Waals surface area contributed by atoms with Gasteiger partial charge < -0.3 is 10.1 Å². The highest BCUT2D eigenvalue weighted by atomic mass is 16.5. The molecule has 3 atom stereocenters. The van der Waals surface area contributed by atoms with Gasteiger partial charge in [-0.05, 0) is 48.9 Å². The molecule has 1 unspecified atom stereocenters. The number of nitrogens with one attached hydrogen (secondary N) is 2. The lowest BCUT2D eigenvalue weighted by Gasteiger charge is -2.32. The molecule has 5 rings (SSSR count). The van der Waals surface area contributed by atoms with E-state index in [1.807, 2.05) is 12.1 Å². The van der Waals surface area contributed by atoms with E-state index < -0.39 is 5.69 Å². The molecule has 2 N–H and O–H groups in total. The van der Waals surface area contributed by atoms with Crippen LogP contribution in [0.3, 0.4) is 0 Å². The zero-order valence-corrected chi connectivity index (χ0v) is 16.2. The van der Waals surface area contributed by atoms with Gasteiger partial charge in [0, 0.05) is 24.7 Å². The number of nitrogens with zero attached hydrogens (tertiary/aromatic N) is 3. The molecule has 0 spiro atoms. The van der Waals surface area contributed by atoms with Crippen molar-refractivity contribution in [2.45, 2.75) is 37.8 Å². The molecule has 2 aliphatic rings. The van der Waals surface area contributed by atoms with Crippen molar-refractivity contribution in [3.63, 3.8) is 0 Å². The molecule has 2 aromatic heterocycles. The molecule has 0 bridgehead atoms. The van der Waals surface area contributed by atoms with E-state index in [1.54, 1.807) is 7.11 Å². The van der Waals surface area contributed by atoms with E-state index in [0.29, 0.717) is 30.2 Å². The maximum absolute atomic E-state index is 12.7. The minimum atomic E-state index is -0.429. The number of hydrogen-bond acceptors (Lipinski definition) is 6. The molecular formula is C21H23N5O3. The molecule has 1 aliphatic carbocycles. The van der Waals surface area contributed by atoms with E-state index in [4.69, 9.17) is 4.74 Å². The topological polar surface area (TPSA) is 102 Å². The van der Waals surface area contributed by atoms with Gasteiger partial charge >= 0.3 is 5.69 Å². The van der Waals surface area contributed by atoms with Crippen LogP contribution < -0.4 is 21.3 Å². The van der Waals surface area contributed by atoms with Crippen LogP contribution in [0.4, 0.5) is 0 Å². The van der Waals surface area contributed by atoms with Crippen LogP contribution in [0.25, 0.3) is 11.0 Å². The first-order valence-electron chi connectivity index (χ1n) is 9.99. The number of hydrogen-bond donors (Lipinski definition) is 2. The Labute approximate surface area is 167 Å². The van der Waals surface area contributed by atoms with Gasteiger partial charge in [0.15, 0.2) is 0 Å². The quantitative estimate of drug-likeness (QED) is 0.691. The number of aromatic nitrogens is 4. The lowest BCUT2D eigenvalue weighted by Crippen LogP contribution is -2.38. The number of benzene rings is 1. The van der Waals surface area contributed by atoms with Crippen LogP contribution in [0.1, 0.15) is 29.9 Å². The zero-order valence-electron chi connectivity index (χ0n) is 16.2. The summed E-state index contributed by atoms with van der Waals surface area (Å²) < 4.78 is 6.83. The summed E-state index contributed by atoms with van der Waals surface area (Å²) in [6, 6.07) is 6.47. The van der Waals surface area contributed by atoms with E-state index >= 15 is 0 Å². The fourth-order valence-corrected chi connectivity index (χ4v) is 5.07. The van der Waals surface area contributed by atoms with Gasteiger partial charge in [-0.2, -0.15) is 0 Å². The van der Waals surface area contributed by atoms with Crippen LogP contribution in [-0.2, 0) is 13.0 Å². The molecular weight excluding hydrogens is 370 g/mol. The second-order valence-electron chi connectivity index (χ2n) is 7.83. The van der Waals surface area contributed by atoms with Gasteiger partial charge in [-0.3, -0.25) is 14.3 Å². The maximum atomic E-state index is 12.7. The van der Waals surface area contributed by atoms with Crippen molar-refractivity contribution in [3.8, 4) is 5.75 Å². The monoisotopic (exact) mass is 393 g/mol. The molecule has 1 aliphatic heterocycles. The van der Waals surface area contributed by atoms with Crippen LogP contribution in [0, 0.1) is 5.92 Å². The summed E-state index contributed by atoms with van der Waals surface area (Å²) in [7, 11) is 1.72. The molecule has 1 aromatic carbocycles. The zero-order chi connectivity index (χ0) is 20.0. The highest BCUT2D eigenvalue weighted by Gasteiger charge is 2.40. The minimum absolute atomic E-state index is 0.208. The van der Waals surface area contributed by atoms with Gasteiger partial charge in [-0.25, -0.2) is 14.8 Å². The van der Waals surface area contributed by atoms with Gasteiger partial charge in [0.05, 0.1) is 7.11 Å². The van der Waals surface area contributed by atoms with Crippen LogP contribution in [-0.4, -0.2) is 39.2 Å². The van der Waals surface area contributed by atoms with Gasteiger partial charge in [0.2, 0.25) is 0 Å². The largest absolute Gasteiger partial charge is 0.496 e. The number of fused-ring (bicyclic) bond motifs is 4. The minimum Gasteiger partial charge on any atom is -0.496 e. The van der Waals surface area contributed by atoms with E-state index in [1.165, 1.54) is 28.2 Å². The Balaban J connectivity index is 1.44. The average Bonchev–Trinajstić information content (AvgIpc) is 3.16. The van der Waals surface area contributed by atoms with Gasteiger partial charge in [0.25, 0.3) is 5.56 Å². The van der Waals surface area contributed by atoms with Crippen molar-refractivity contribution in [3.05, 3.63) is 62.7 Å². The highest BCUT2D eigenvalue weighted by molar-refractivity contribution is 5.71. The molecule has 29 heavy (non-hydrogen) atoms. The third-order valence-electron chi connectivity index (χ3n) is 6.42. The summed E-state index contributed by atoms with van der Waals surface area (Å²) in [5.41, 5.74) is 2.14. The van der Waals surface area contributed by atoms with Crippen molar-refractivity contribution >= 4 is 11.0 Å². The van der Waals surface area contributed by atoms with Crippen molar-refractivity contribution < 1.29 is 4.74 Å². The SMILES string of the molecule is COc1cccc2c1CC[C@H]1CNC(CCn3c(=O)[nH]c4ncncc4c3=O)[C@@H]21. The van der Waals surface area contributed by atoms with E-state index in [2.05, 4.69) is 26.3 Å². The Hall–Kier alpha value is -3.00. The second-order valence-corrected chi connectivity index (χ2v) is 7.83. The summed E-state index contributed by atoms with van der Waals surface area (Å²) in [5, 5.41) is 3.96. The molecule has 8 heteroatoms. The van der Waals surface area contributed by atoms with E-state index in [-0.39, 0.29) is 17.2 Å². The fourth-order valence-electron chi connectivity index (χ4n) is 5.07. The highest BCUT2D eigenvalue weighted by Crippen LogP contribution is 2.45. The molecule has 150 valence electrons. The number of methoxy groups -OCH3 is 1. The molecule has 1 fully saturated rings. The van der Waals surface area contributed by atoms with Crippen LogP contribution in [0.2, 0.25) is 0 Å². The molecule has 3 heterocycles. The molecule has 0 amide bonds. The second kappa shape index (κ2) is 7.11.